The lowest BCUT2D eigenvalue weighted by Gasteiger charge is -2.07. The summed E-state index contributed by atoms with van der Waals surface area (Å²) in [4.78, 5) is 1.93. The van der Waals surface area contributed by atoms with Crippen LogP contribution in [0.25, 0.3) is 10.4 Å². The molecule has 1 aromatic heterocycles. The first-order chi connectivity index (χ1) is 8.50. The normalized spacial score (nSPS) is 11.8. The van der Waals surface area contributed by atoms with E-state index in [4.69, 9.17) is 5.73 Å². The Labute approximate surface area is 107 Å². The standard InChI is InChI=1S/C13H12F3NS/c14-13(15,16)10-3-1-2-9(8-10)12-5-4-11(18-12)6-7-17/h1-5,8H,6-7,17H2. The molecule has 1 heterocycles. The predicted molar refractivity (Wildman–Crippen MR) is 67.5 cm³/mol. The van der Waals surface area contributed by atoms with Gasteiger partial charge in [-0.1, -0.05) is 12.1 Å². The molecule has 0 saturated heterocycles. The summed E-state index contributed by atoms with van der Waals surface area (Å²) in [6.45, 7) is 0.544. The molecule has 0 spiro atoms. The Morgan fingerprint density at radius 3 is 2.56 bits per heavy atom. The van der Waals surface area contributed by atoms with Gasteiger partial charge in [-0.3, -0.25) is 0 Å². The number of nitrogens with two attached hydrogens (primary N) is 1. The topological polar surface area (TPSA) is 26.0 Å². The van der Waals surface area contributed by atoms with Gasteiger partial charge in [-0.25, -0.2) is 0 Å². The maximum absolute atomic E-state index is 12.6. The summed E-state index contributed by atoms with van der Waals surface area (Å²) in [7, 11) is 0. The maximum atomic E-state index is 12.6. The average molecular weight is 271 g/mol. The quantitative estimate of drug-likeness (QED) is 0.899. The molecule has 0 aliphatic carbocycles. The van der Waals surface area contributed by atoms with Gasteiger partial charge in [0.1, 0.15) is 0 Å². The Morgan fingerprint density at radius 2 is 1.89 bits per heavy atom. The highest BCUT2D eigenvalue weighted by atomic mass is 32.1. The molecule has 0 amide bonds. The minimum absolute atomic E-state index is 0.544. The van der Waals surface area contributed by atoms with E-state index in [1.54, 1.807) is 6.07 Å². The molecule has 0 bridgehead atoms. The minimum atomic E-state index is -4.30. The summed E-state index contributed by atoms with van der Waals surface area (Å²) in [6.07, 6.45) is -3.54. The SMILES string of the molecule is NCCc1ccc(-c2cccc(C(F)(F)F)c2)s1. The summed E-state index contributed by atoms with van der Waals surface area (Å²) in [5.41, 5.74) is 5.43. The minimum Gasteiger partial charge on any atom is -0.330 e. The Morgan fingerprint density at radius 1 is 1.11 bits per heavy atom. The van der Waals surface area contributed by atoms with Crippen molar-refractivity contribution in [3.63, 3.8) is 0 Å². The van der Waals surface area contributed by atoms with Crippen LogP contribution < -0.4 is 5.73 Å². The second-order valence-electron chi connectivity index (χ2n) is 3.88. The van der Waals surface area contributed by atoms with Crippen molar-refractivity contribution in [1.82, 2.24) is 0 Å². The molecule has 5 heteroatoms. The zero-order valence-corrected chi connectivity index (χ0v) is 10.3. The lowest BCUT2D eigenvalue weighted by atomic mass is 10.1. The van der Waals surface area contributed by atoms with Crippen LogP contribution in [0.1, 0.15) is 10.4 Å². The van der Waals surface area contributed by atoms with Gasteiger partial charge < -0.3 is 5.73 Å². The van der Waals surface area contributed by atoms with Crippen LogP contribution in [0.3, 0.4) is 0 Å². The Balaban J connectivity index is 2.32. The molecule has 2 N–H and O–H groups in total. The van der Waals surface area contributed by atoms with Crippen LogP contribution in [0, 0.1) is 0 Å². The summed E-state index contributed by atoms with van der Waals surface area (Å²) in [5.74, 6) is 0. The van der Waals surface area contributed by atoms with Gasteiger partial charge in [-0.05, 0) is 42.8 Å². The average Bonchev–Trinajstić information content (AvgIpc) is 2.77. The van der Waals surface area contributed by atoms with E-state index in [1.807, 2.05) is 12.1 Å². The fourth-order valence-corrected chi connectivity index (χ4v) is 2.68. The molecule has 0 atom stereocenters. The van der Waals surface area contributed by atoms with Crippen molar-refractivity contribution in [2.24, 2.45) is 5.73 Å². The number of alkyl halides is 3. The zero-order valence-electron chi connectivity index (χ0n) is 9.50. The third-order valence-electron chi connectivity index (χ3n) is 2.53. The summed E-state index contributed by atoms with van der Waals surface area (Å²) in [5, 5.41) is 0. The zero-order chi connectivity index (χ0) is 13.2. The fourth-order valence-electron chi connectivity index (χ4n) is 1.66. The lowest BCUT2D eigenvalue weighted by Crippen LogP contribution is -2.04. The van der Waals surface area contributed by atoms with Gasteiger partial charge in [-0.15, -0.1) is 11.3 Å². The van der Waals surface area contributed by atoms with Gasteiger partial charge in [0.05, 0.1) is 5.56 Å². The van der Waals surface area contributed by atoms with E-state index in [1.165, 1.54) is 23.5 Å². The van der Waals surface area contributed by atoms with Crippen molar-refractivity contribution >= 4 is 11.3 Å². The largest absolute Gasteiger partial charge is 0.416 e. The molecule has 0 unspecified atom stereocenters. The van der Waals surface area contributed by atoms with E-state index in [0.717, 1.165) is 22.2 Å². The molecule has 2 rings (SSSR count). The van der Waals surface area contributed by atoms with Crippen molar-refractivity contribution in [1.29, 1.82) is 0 Å². The smallest absolute Gasteiger partial charge is 0.330 e. The van der Waals surface area contributed by atoms with Gasteiger partial charge in [0.15, 0.2) is 0 Å². The Bertz CT molecular complexity index is 531. The highest BCUT2D eigenvalue weighted by molar-refractivity contribution is 7.15. The number of rotatable bonds is 3. The van der Waals surface area contributed by atoms with Crippen LogP contribution in [0.5, 0.6) is 0 Å². The number of hydrogen-bond acceptors (Lipinski definition) is 2. The van der Waals surface area contributed by atoms with Gasteiger partial charge in [0.25, 0.3) is 0 Å². The van der Waals surface area contributed by atoms with Gasteiger partial charge in [0, 0.05) is 9.75 Å². The molecule has 0 fully saturated rings. The third-order valence-corrected chi connectivity index (χ3v) is 3.72. The maximum Gasteiger partial charge on any atom is 0.416 e. The first-order valence-corrected chi connectivity index (χ1v) is 6.29. The van der Waals surface area contributed by atoms with Gasteiger partial charge >= 0.3 is 6.18 Å². The molecule has 0 saturated carbocycles. The Kier molecular flexibility index (Phi) is 3.73. The Hall–Kier alpha value is -1.33. The molecular formula is C13H12F3NS. The van der Waals surface area contributed by atoms with E-state index in [9.17, 15) is 13.2 Å². The molecule has 0 aliphatic rings. The summed E-state index contributed by atoms with van der Waals surface area (Å²) >= 11 is 1.48. The number of hydrogen-bond donors (Lipinski definition) is 1. The third kappa shape index (κ3) is 2.91. The lowest BCUT2D eigenvalue weighted by molar-refractivity contribution is -0.137. The van der Waals surface area contributed by atoms with E-state index >= 15 is 0 Å². The van der Waals surface area contributed by atoms with Crippen LogP contribution in [-0.2, 0) is 12.6 Å². The van der Waals surface area contributed by atoms with Gasteiger partial charge in [0.2, 0.25) is 0 Å². The van der Waals surface area contributed by atoms with E-state index < -0.39 is 11.7 Å². The van der Waals surface area contributed by atoms with E-state index in [2.05, 4.69) is 0 Å². The van der Waals surface area contributed by atoms with E-state index in [0.29, 0.717) is 12.1 Å². The monoisotopic (exact) mass is 271 g/mol. The number of halogens is 3. The van der Waals surface area contributed by atoms with Crippen molar-refractivity contribution in [2.75, 3.05) is 6.54 Å². The fraction of sp³-hybridized carbons (Fsp3) is 0.231. The second kappa shape index (κ2) is 5.12. The predicted octanol–water partition coefficient (Wildman–Crippen LogP) is 3.94. The van der Waals surface area contributed by atoms with Crippen molar-refractivity contribution in [2.45, 2.75) is 12.6 Å². The molecule has 96 valence electrons. The number of benzene rings is 1. The van der Waals surface area contributed by atoms with Crippen LogP contribution in [0.15, 0.2) is 36.4 Å². The molecule has 0 aliphatic heterocycles. The van der Waals surface area contributed by atoms with Crippen LogP contribution in [0.2, 0.25) is 0 Å². The van der Waals surface area contributed by atoms with Gasteiger partial charge in [-0.2, -0.15) is 13.2 Å². The molecular weight excluding hydrogens is 259 g/mol. The molecule has 1 aromatic carbocycles. The molecule has 0 radical (unpaired) electrons. The first kappa shape index (κ1) is 13.1. The van der Waals surface area contributed by atoms with Crippen molar-refractivity contribution < 1.29 is 13.2 Å². The molecule has 18 heavy (non-hydrogen) atoms. The van der Waals surface area contributed by atoms with Crippen LogP contribution in [-0.4, -0.2) is 6.54 Å². The van der Waals surface area contributed by atoms with E-state index in [-0.39, 0.29) is 0 Å². The highest BCUT2D eigenvalue weighted by Gasteiger charge is 2.30. The summed E-state index contributed by atoms with van der Waals surface area (Å²) in [6, 6.07) is 9.13. The molecule has 1 nitrogen and oxygen atoms in total. The van der Waals surface area contributed by atoms with Crippen molar-refractivity contribution in [3.05, 3.63) is 46.8 Å². The van der Waals surface area contributed by atoms with Crippen LogP contribution in [0.4, 0.5) is 13.2 Å². The first-order valence-electron chi connectivity index (χ1n) is 5.47. The number of thiophene rings is 1. The van der Waals surface area contributed by atoms with Crippen molar-refractivity contribution in [3.8, 4) is 10.4 Å². The molecule has 2 aromatic rings. The second-order valence-corrected chi connectivity index (χ2v) is 5.05. The van der Waals surface area contributed by atoms with Crippen LogP contribution >= 0.6 is 11.3 Å². The highest BCUT2D eigenvalue weighted by Crippen LogP contribution is 2.34. The summed E-state index contributed by atoms with van der Waals surface area (Å²) < 4.78 is 37.8.